The first-order valence-electron chi connectivity index (χ1n) is 8.85. The summed E-state index contributed by atoms with van der Waals surface area (Å²) < 4.78 is 10.4. The van der Waals surface area contributed by atoms with E-state index in [0.717, 1.165) is 0 Å². The van der Waals surface area contributed by atoms with Crippen molar-refractivity contribution in [2.24, 2.45) is 0 Å². The Kier molecular flexibility index (Phi) is 7.51. The van der Waals surface area contributed by atoms with E-state index in [4.69, 9.17) is 14.6 Å². The van der Waals surface area contributed by atoms with Crippen LogP contribution in [0.3, 0.4) is 0 Å². The topological polar surface area (TPSA) is 89.9 Å². The summed E-state index contributed by atoms with van der Waals surface area (Å²) in [4.78, 5) is 37.0. The Balaban J connectivity index is 2.10. The second kappa shape index (κ2) is 10.1. The largest absolute Gasteiger partial charge is 0.515 e. The molecular weight excluding hydrogens is 360 g/mol. The number of ketones is 1. The monoisotopic (exact) mass is 382 g/mol. The van der Waals surface area contributed by atoms with E-state index in [1.807, 2.05) is 0 Å². The van der Waals surface area contributed by atoms with E-state index in [0.29, 0.717) is 18.2 Å². The molecule has 2 aromatic rings. The summed E-state index contributed by atoms with van der Waals surface area (Å²) in [6, 6.07) is 15.1. The maximum absolute atomic E-state index is 12.7. The van der Waals surface area contributed by atoms with Crippen LogP contribution in [0, 0.1) is 0 Å². The van der Waals surface area contributed by atoms with Gasteiger partial charge in [0.2, 0.25) is 0 Å². The maximum atomic E-state index is 12.7. The highest BCUT2D eigenvalue weighted by atomic mass is 16.6. The molecule has 146 valence electrons. The van der Waals surface area contributed by atoms with Gasteiger partial charge in [-0.1, -0.05) is 55.5 Å². The van der Waals surface area contributed by atoms with Gasteiger partial charge in [0.25, 0.3) is 0 Å². The van der Waals surface area contributed by atoms with E-state index in [2.05, 4.69) is 0 Å². The molecule has 0 heterocycles. The van der Waals surface area contributed by atoms with Crippen molar-refractivity contribution in [1.29, 1.82) is 0 Å². The van der Waals surface area contributed by atoms with Crippen LogP contribution in [0.2, 0.25) is 0 Å². The lowest BCUT2D eigenvalue weighted by molar-refractivity contribution is -0.146. The van der Waals surface area contributed by atoms with Gasteiger partial charge in [0.1, 0.15) is 12.7 Å². The third-order valence-electron chi connectivity index (χ3n) is 4.07. The van der Waals surface area contributed by atoms with Crippen LogP contribution in [-0.2, 0) is 14.3 Å². The number of aliphatic hydroxyl groups is 1. The van der Waals surface area contributed by atoms with E-state index >= 15 is 0 Å². The molecule has 0 aliphatic heterocycles. The Morgan fingerprint density at radius 1 is 1.00 bits per heavy atom. The molecule has 0 aromatic heterocycles. The number of carbonyl (C=O) groups excluding carboxylic acids is 3. The Hall–Kier alpha value is -3.41. The van der Waals surface area contributed by atoms with Crippen LogP contribution in [0.15, 0.2) is 66.4 Å². The van der Waals surface area contributed by atoms with E-state index in [9.17, 15) is 14.4 Å². The van der Waals surface area contributed by atoms with Crippen molar-refractivity contribution >= 4 is 17.7 Å². The Morgan fingerprint density at radius 2 is 1.61 bits per heavy atom. The zero-order valence-corrected chi connectivity index (χ0v) is 15.8. The molecule has 1 N–H and O–H groups in total. The van der Waals surface area contributed by atoms with Crippen LogP contribution >= 0.6 is 0 Å². The fourth-order valence-corrected chi connectivity index (χ4v) is 2.38. The van der Waals surface area contributed by atoms with Gasteiger partial charge < -0.3 is 14.6 Å². The second-order valence-corrected chi connectivity index (χ2v) is 6.09. The molecule has 2 rings (SSSR count). The van der Waals surface area contributed by atoms with Crippen LogP contribution < -0.4 is 0 Å². The van der Waals surface area contributed by atoms with E-state index in [1.54, 1.807) is 55.5 Å². The van der Waals surface area contributed by atoms with Crippen molar-refractivity contribution in [2.75, 3.05) is 6.61 Å². The molecular formula is C22H22O6. The Bertz CT molecular complexity index is 870. The minimum atomic E-state index is -0.690. The first-order chi connectivity index (χ1) is 13.5. The lowest BCUT2D eigenvalue weighted by Gasteiger charge is -2.17. The van der Waals surface area contributed by atoms with E-state index < -0.39 is 18.0 Å². The first-order valence-corrected chi connectivity index (χ1v) is 8.85. The SMILES string of the molecule is CCC(COC(=O)c1ccccc1C(=O)c1ccccc1)OC(=O)C(C)=CO. The quantitative estimate of drug-likeness (QED) is 0.323. The number of carbonyl (C=O) groups is 3. The van der Waals surface area contributed by atoms with Gasteiger partial charge in [-0.05, 0) is 19.4 Å². The average Bonchev–Trinajstić information content (AvgIpc) is 2.75. The van der Waals surface area contributed by atoms with Gasteiger partial charge >= 0.3 is 11.9 Å². The molecule has 1 atom stereocenters. The summed E-state index contributed by atoms with van der Waals surface area (Å²) in [6.07, 6.45) is 0.415. The highest BCUT2D eigenvalue weighted by molar-refractivity contribution is 6.14. The van der Waals surface area contributed by atoms with Crippen molar-refractivity contribution in [3.05, 3.63) is 83.1 Å². The predicted octanol–water partition coefficient (Wildman–Crippen LogP) is 3.86. The summed E-state index contributed by atoms with van der Waals surface area (Å²) in [6.45, 7) is 3.02. The number of ether oxygens (including phenoxy) is 2. The molecule has 0 bridgehead atoms. The van der Waals surface area contributed by atoms with E-state index in [-0.39, 0.29) is 29.1 Å². The summed E-state index contributed by atoms with van der Waals surface area (Å²) >= 11 is 0. The number of hydrogen-bond acceptors (Lipinski definition) is 6. The third kappa shape index (κ3) is 5.30. The zero-order valence-electron chi connectivity index (χ0n) is 15.8. The summed E-state index contributed by atoms with van der Waals surface area (Å²) in [5.41, 5.74) is 0.893. The molecule has 0 aliphatic rings. The number of benzene rings is 2. The van der Waals surface area contributed by atoms with Gasteiger partial charge in [0.05, 0.1) is 17.4 Å². The third-order valence-corrected chi connectivity index (χ3v) is 4.07. The molecule has 0 radical (unpaired) electrons. The fraction of sp³-hybridized carbons (Fsp3) is 0.227. The predicted molar refractivity (Wildman–Crippen MR) is 103 cm³/mol. The lowest BCUT2D eigenvalue weighted by Crippen LogP contribution is -2.25. The molecule has 6 heteroatoms. The second-order valence-electron chi connectivity index (χ2n) is 6.09. The number of aliphatic hydroxyl groups excluding tert-OH is 1. The van der Waals surface area contributed by atoms with Crippen molar-refractivity contribution < 1.29 is 29.0 Å². The van der Waals surface area contributed by atoms with Gasteiger partial charge in [-0.3, -0.25) is 4.79 Å². The van der Waals surface area contributed by atoms with E-state index in [1.165, 1.54) is 13.0 Å². The van der Waals surface area contributed by atoms with Crippen molar-refractivity contribution in [1.82, 2.24) is 0 Å². The summed E-state index contributed by atoms with van der Waals surface area (Å²) in [5, 5.41) is 8.85. The Labute approximate surface area is 163 Å². The molecule has 0 fully saturated rings. The normalized spacial score (nSPS) is 12.1. The van der Waals surface area contributed by atoms with Crippen LogP contribution in [0.1, 0.15) is 46.5 Å². The van der Waals surface area contributed by atoms with Gasteiger partial charge in [-0.25, -0.2) is 9.59 Å². The molecule has 0 aliphatic carbocycles. The van der Waals surface area contributed by atoms with Gasteiger partial charge in [0, 0.05) is 11.1 Å². The van der Waals surface area contributed by atoms with Crippen molar-refractivity contribution in [3.63, 3.8) is 0 Å². The molecule has 0 spiro atoms. The van der Waals surface area contributed by atoms with Gasteiger partial charge in [-0.15, -0.1) is 0 Å². The lowest BCUT2D eigenvalue weighted by atomic mass is 9.98. The Morgan fingerprint density at radius 3 is 2.21 bits per heavy atom. The number of hydrogen-bond donors (Lipinski definition) is 1. The van der Waals surface area contributed by atoms with Gasteiger partial charge in [0.15, 0.2) is 5.78 Å². The minimum absolute atomic E-state index is 0.0450. The van der Waals surface area contributed by atoms with Crippen molar-refractivity contribution in [2.45, 2.75) is 26.4 Å². The standard InChI is InChI=1S/C22H22O6/c1-3-17(28-21(25)15(2)13-23)14-27-22(26)19-12-8-7-11-18(19)20(24)16-9-5-4-6-10-16/h4-13,17,23H,3,14H2,1-2H3. The molecule has 0 amide bonds. The number of esters is 2. The minimum Gasteiger partial charge on any atom is -0.515 e. The zero-order chi connectivity index (χ0) is 20.5. The van der Waals surface area contributed by atoms with Crippen LogP contribution in [0.5, 0.6) is 0 Å². The molecule has 2 aromatic carbocycles. The highest BCUT2D eigenvalue weighted by Gasteiger charge is 2.21. The molecule has 0 saturated heterocycles. The van der Waals surface area contributed by atoms with Crippen molar-refractivity contribution in [3.8, 4) is 0 Å². The first kappa shape index (κ1) is 20.9. The van der Waals surface area contributed by atoms with Crippen LogP contribution in [0.4, 0.5) is 0 Å². The molecule has 6 nitrogen and oxygen atoms in total. The summed E-state index contributed by atoms with van der Waals surface area (Å²) in [5.74, 6) is -1.65. The molecule has 0 saturated carbocycles. The van der Waals surface area contributed by atoms with Crippen LogP contribution in [0.25, 0.3) is 0 Å². The molecule has 28 heavy (non-hydrogen) atoms. The maximum Gasteiger partial charge on any atom is 0.339 e. The summed E-state index contributed by atoms with van der Waals surface area (Å²) in [7, 11) is 0. The molecule has 1 unspecified atom stereocenters. The smallest absolute Gasteiger partial charge is 0.339 e. The fourth-order valence-electron chi connectivity index (χ4n) is 2.38. The average molecular weight is 382 g/mol. The number of rotatable bonds is 8. The highest BCUT2D eigenvalue weighted by Crippen LogP contribution is 2.16. The van der Waals surface area contributed by atoms with Gasteiger partial charge in [-0.2, -0.15) is 0 Å². The van der Waals surface area contributed by atoms with Crippen LogP contribution in [-0.4, -0.2) is 35.5 Å².